The van der Waals surface area contributed by atoms with Crippen molar-refractivity contribution in [3.63, 3.8) is 0 Å². The third kappa shape index (κ3) is 2.64. The zero-order chi connectivity index (χ0) is 12.3. The van der Waals surface area contributed by atoms with Gasteiger partial charge in [-0.15, -0.1) is 0 Å². The fourth-order valence-electron chi connectivity index (χ4n) is 1.70. The molecule has 0 aliphatic rings. The maximum absolute atomic E-state index is 12.2. The van der Waals surface area contributed by atoms with E-state index in [1.54, 1.807) is 17.9 Å². The average molecular weight is 225 g/mol. The highest BCUT2D eigenvalue weighted by Gasteiger charge is 2.21. The first-order valence-corrected chi connectivity index (χ1v) is 5.46. The van der Waals surface area contributed by atoms with E-state index in [2.05, 4.69) is 0 Å². The van der Waals surface area contributed by atoms with Crippen molar-refractivity contribution in [1.29, 1.82) is 0 Å². The zero-order valence-electron chi connectivity index (χ0n) is 10.3. The number of amides is 1. The quantitative estimate of drug-likeness (QED) is 0.849. The summed E-state index contributed by atoms with van der Waals surface area (Å²) in [7, 11) is 0. The molecule has 1 aromatic rings. The van der Waals surface area contributed by atoms with Gasteiger partial charge in [0, 0.05) is 12.6 Å². The lowest BCUT2D eigenvalue weighted by Crippen LogP contribution is -2.39. The fraction of sp³-hybridized carbons (Fsp3) is 0.583. The van der Waals surface area contributed by atoms with Crippen molar-refractivity contribution in [1.82, 2.24) is 4.90 Å². The Kier molecular flexibility index (Phi) is 4.12. The number of carbonyl (C=O) groups excluding carboxylic acids is 1. The van der Waals surface area contributed by atoms with Crippen LogP contribution in [-0.2, 0) is 0 Å². The minimum absolute atomic E-state index is 0.0280. The number of aliphatic hydroxyl groups excluding tert-OH is 1. The molecule has 1 N–H and O–H groups in total. The number of aryl methyl sites for hydroxylation is 2. The van der Waals surface area contributed by atoms with Crippen LogP contribution < -0.4 is 0 Å². The second kappa shape index (κ2) is 5.16. The van der Waals surface area contributed by atoms with Gasteiger partial charge in [-0.1, -0.05) is 0 Å². The molecule has 90 valence electrons. The fourth-order valence-corrected chi connectivity index (χ4v) is 1.70. The summed E-state index contributed by atoms with van der Waals surface area (Å²) in [5, 5.41) is 8.94. The number of rotatable bonds is 4. The normalized spacial score (nSPS) is 10.9. The Hall–Kier alpha value is -1.29. The van der Waals surface area contributed by atoms with E-state index in [1.807, 2.05) is 20.8 Å². The maximum atomic E-state index is 12.2. The van der Waals surface area contributed by atoms with Gasteiger partial charge in [0.05, 0.1) is 12.2 Å². The van der Waals surface area contributed by atoms with Crippen LogP contribution in [0.5, 0.6) is 0 Å². The molecule has 0 atom stereocenters. The molecule has 0 aliphatic carbocycles. The van der Waals surface area contributed by atoms with Gasteiger partial charge < -0.3 is 14.4 Å². The molecular weight excluding hydrogens is 206 g/mol. The van der Waals surface area contributed by atoms with E-state index in [1.165, 1.54) is 0 Å². The lowest BCUT2D eigenvalue weighted by atomic mass is 10.2. The van der Waals surface area contributed by atoms with Crippen LogP contribution in [0.1, 0.15) is 35.7 Å². The first-order chi connectivity index (χ1) is 7.47. The van der Waals surface area contributed by atoms with Gasteiger partial charge in [-0.25, -0.2) is 0 Å². The summed E-state index contributed by atoms with van der Waals surface area (Å²) in [4.78, 5) is 13.8. The van der Waals surface area contributed by atoms with Crippen molar-refractivity contribution in [2.75, 3.05) is 13.2 Å². The summed E-state index contributed by atoms with van der Waals surface area (Å²) in [6, 6.07) is 1.80. The molecule has 0 spiro atoms. The van der Waals surface area contributed by atoms with Crippen LogP contribution in [0.2, 0.25) is 0 Å². The smallest absolute Gasteiger partial charge is 0.257 e. The van der Waals surface area contributed by atoms with Crippen LogP contribution in [0.4, 0.5) is 0 Å². The first-order valence-electron chi connectivity index (χ1n) is 5.46. The van der Waals surface area contributed by atoms with E-state index in [4.69, 9.17) is 9.52 Å². The lowest BCUT2D eigenvalue weighted by Gasteiger charge is -2.25. The Morgan fingerprint density at radius 1 is 1.50 bits per heavy atom. The summed E-state index contributed by atoms with van der Waals surface area (Å²) in [6.07, 6.45) is 0. The third-order valence-electron chi connectivity index (χ3n) is 2.50. The molecule has 4 nitrogen and oxygen atoms in total. The average Bonchev–Trinajstić information content (AvgIpc) is 2.53. The third-order valence-corrected chi connectivity index (χ3v) is 2.50. The molecule has 1 heterocycles. The molecule has 1 amide bonds. The second-order valence-electron chi connectivity index (χ2n) is 4.14. The summed E-state index contributed by atoms with van der Waals surface area (Å²) >= 11 is 0. The van der Waals surface area contributed by atoms with E-state index in [0.717, 1.165) is 5.76 Å². The molecule has 0 fully saturated rings. The standard InChI is InChI=1S/C12H19NO3/c1-8(2)13(5-6-14)12(15)11-7-9(3)16-10(11)4/h7-8,14H,5-6H2,1-4H3. The summed E-state index contributed by atoms with van der Waals surface area (Å²) in [6.45, 7) is 7.76. The Bertz CT molecular complexity index is 368. The predicted molar refractivity (Wildman–Crippen MR) is 61.4 cm³/mol. The van der Waals surface area contributed by atoms with E-state index < -0.39 is 0 Å². The van der Waals surface area contributed by atoms with Gasteiger partial charge in [0.2, 0.25) is 0 Å². The van der Waals surface area contributed by atoms with Gasteiger partial charge in [0.25, 0.3) is 5.91 Å². The van der Waals surface area contributed by atoms with Gasteiger partial charge in [-0.3, -0.25) is 4.79 Å². The number of nitrogens with zero attached hydrogens (tertiary/aromatic N) is 1. The second-order valence-corrected chi connectivity index (χ2v) is 4.14. The lowest BCUT2D eigenvalue weighted by molar-refractivity contribution is 0.0663. The van der Waals surface area contributed by atoms with Crippen LogP contribution in [-0.4, -0.2) is 35.1 Å². The number of furan rings is 1. The van der Waals surface area contributed by atoms with Crippen molar-refractivity contribution in [2.45, 2.75) is 33.7 Å². The van der Waals surface area contributed by atoms with Crippen molar-refractivity contribution in [3.05, 3.63) is 23.2 Å². The van der Waals surface area contributed by atoms with E-state index in [9.17, 15) is 4.79 Å². The van der Waals surface area contributed by atoms with Crippen LogP contribution in [0.3, 0.4) is 0 Å². The van der Waals surface area contributed by atoms with Crippen LogP contribution in [0.25, 0.3) is 0 Å². The Morgan fingerprint density at radius 3 is 2.50 bits per heavy atom. The van der Waals surface area contributed by atoms with Gasteiger partial charge in [0.15, 0.2) is 0 Å². The van der Waals surface area contributed by atoms with Gasteiger partial charge in [-0.2, -0.15) is 0 Å². The number of hydrogen-bond acceptors (Lipinski definition) is 3. The Morgan fingerprint density at radius 2 is 2.12 bits per heavy atom. The molecule has 0 radical (unpaired) electrons. The molecule has 4 heteroatoms. The summed E-state index contributed by atoms with van der Waals surface area (Å²) < 4.78 is 5.33. The highest BCUT2D eigenvalue weighted by Crippen LogP contribution is 2.17. The maximum Gasteiger partial charge on any atom is 0.257 e. The van der Waals surface area contributed by atoms with Crippen molar-refractivity contribution < 1.29 is 14.3 Å². The van der Waals surface area contributed by atoms with Crippen molar-refractivity contribution in [2.24, 2.45) is 0 Å². The molecule has 16 heavy (non-hydrogen) atoms. The number of aliphatic hydroxyl groups is 1. The SMILES string of the molecule is Cc1cc(C(=O)N(CCO)C(C)C)c(C)o1. The minimum atomic E-state index is -0.0848. The van der Waals surface area contributed by atoms with Gasteiger partial charge >= 0.3 is 0 Å². The molecular formula is C12H19NO3. The van der Waals surface area contributed by atoms with Crippen LogP contribution in [0.15, 0.2) is 10.5 Å². The molecule has 0 saturated heterocycles. The van der Waals surface area contributed by atoms with Crippen LogP contribution in [0, 0.1) is 13.8 Å². The molecule has 1 aromatic heterocycles. The summed E-state index contributed by atoms with van der Waals surface area (Å²) in [5.41, 5.74) is 0.583. The summed E-state index contributed by atoms with van der Waals surface area (Å²) in [5.74, 6) is 1.28. The molecule has 0 aromatic carbocycles. The van der Waals surface area contributed by atoms with Gasteiger partial charge in [-0.05, 0) is 33.8 Å². The van der Waals surface area contributed by atoms with Crippen molar-refractivity contribution in [3.8, 4) is 0 Å². The highest BCUT2D eigenvalue weighted by atomic mass is 16.3. The molecule has 1 rings (SSSR count). The largest absolute Gasteiger partial charge is 0.466 e. The molecule has 0 bridgehead atoms. The number of carbonyl (C=O) groups is 1. The first kappa shape index (κ1) is 12.8. The topological polar surface area (TPSA) is 53.7 Å². The Labute approximate surface area is 95.9 Å². The molecule has 0 saturated carbocycles. The van der Waals surface area contributed by atoms with Crippen LogP contribution >= 0.6 is 0 Å². The van der Waals surface area contributed by atoms with Crippen molar-refractivity contribution >= 4 is 5.91 Å². The molecule has 0 aliphatic heterocycles. The van der Waals surface area contributed by atoms with E-state index >= 15 is 0 Å². The minimum Gasteiger partial charge on any atom is -0.466 e. The van der Waals surface area contributed by atoms with E-state index in [0.29, 0.717) is 17.9 Å². The zero-order valence-corrected chi connectivity index (χ0v) is 10.3. The highest BCUT2D eigenvalue weighted by molar-refractivity contribution is 5.95. The number of hydrogen-bond donors (Lipinski definition) is 1. The van der Waals surface area contributed by atoms with E-state index in [-0.39, 0.29) is 18.6 Å². The monoisotopic (exact) mass is 225 g/mol. The van der Waals surface area contributed by atoms with Gasteiger partial charge in [0.1, 0.15) is 11.5 Å². The Balaban J connectivity index is 2.94. The molecule has 0 unspecified atom stereocenters. The predicted octanol–water partition coefficient (Wildman–Crippen LogP) is 1.74.